The standard InChI is InChI=1S/C55H71BN2O/c1-33-28-42(57-38-22-20-36(21-23-38)50(4,5)6)46-44(29-33)58(43-32-40-39(30-35(43)3)52(10,11)24-25-53(40,12)13)47-45-48(55(16,17)27-26-54(45,14)15)59-49(47)56(46)41-31-37(51(7,8)9)19-18-34(41)2/h18-23,28-32,57H,24-27H2,1-17H3. The van der Waals surface area contributed by atoms with E-state index in [9.17, 15) is 0 Å². The molecular weight excluding hydrogens is 715 g/mol. The molecule has 0 fully saturated rings. The molecule has 0 radical (unpaired) electrons. The lowest BCUT2D eigenvalue weighted by Gasteiger charge is -2.45. The van der Waals surface area contributed by atoms with Gasteiger partial charge in [-0.05, 0) is 143 Å². The first-order valence-electron chi connectivity index (χ1n) is 22.5. The van der Waals surface area contributed by atoms with Crippen molar-refractivity contribution in [2.75, 3.05) is 10.2 Å². The van der Waals surface area contributed by atoms with Crippen LogP contribution in [0.5, 0.6) is 0 Å². The van der Waals surface area contributed by atoms with Crippen molar-refractivity contribution < 1.29 is 4.42 Å². The normalized spacial score (nSPS) is 18.8. The predicted molar refractivity (Wildman–Crippen MR) is 256 cm³/mol. The van der Waals surface area contributed by atoms with Crippen molar-refractivity contribution in [1.82, 2.24) is 0 Å². The molecule has 0 unspecified atom stereocenters. The highest BCUT2D eigenvalue weighted by Gasteiger charge is 2.51. The van der Waals surface area contributed by atoms with E-state index in [2.05, 4.69) is 195 Å². The summed E-state index contributed by atoms with van der Waals surface area (Å²) in [5.74, 6) is 1.16. The Kier molecular flexibility index (Phi) is 9.45. The van der Waals surface area contributed by atoms with Crippen LogP contribution in [0.2, 0.25) is 0 Å². The zero-order chi connectivity index (χ0) is 43.0. The average molecular weight is 787 g/mol. The van der Waals surface area contributed by atoms with Gasteiger partial charge in [-0.15, -0.1) is 0 Å². The Hall–Kier alpha value is -4.18. The van der Waals surface area contributed by atoms with Crippen LogP contribution in [0.25, 0.3) is 0 Å². The first-order valence-corrected chi connectivity index (χ1v) is 22.5. The summed E-state index contributed by atoms with van der Waals surface area (Å²) >= 11 is 0. The predicted octanol–water partition coefficient (Wildman–Crippen LogP) is 13.5. The molecule has 1 N–H and O–H groups in total. The first kappa shape index (κ1) is 41.6. The van der Waals surface area contributed by atoms with Gasteiger partial charge in [0.1, 0.15) is 5.76 Å². The summed E-state index contributed by atoms with van der Waals surface area (Å²) in [7, 11) is 0. The first-order chi connectivity index (χ1) is 27.2. The van der Waals surface area contributed by atoms with Crippen molar-refractivity contribution in [3.63, 3.8) is 0 Å². The van der Waals surface area contributed by atoms with Crippen molar-refractivity contribution in [1.29, 1.82) is 0 Å². The number of fused-ring (bicyclic) bond motifs is 5. The lowest BCUT2D eigenvalue weighted by atomic mass is 9.36. The molecule has 59 heavy (non-hydrogen) atoms. The van der Waals surface area contributed by atoms with Gasteiger partial charge in [0.25, 0.3) is 6.71 Å². The maximum Gasteiger partial charge on any atom is 0.295 e. The highest BCUT2D eigenvalue weighted by Crippen LogP contribution is 2.55. The van der Waals surface area contributed by atoms with Crippen LogP contribution >= 0.6 is 0 Å². The lowest BCUT2D eigenvalue weighted by molar-refractivity contribution is 0.282. The Morgan fingerprint density at radius 1 is 0.593 bits per heavy atom. The molecule has 3 nitrogen and oxygen atoms in total. The number of furan rings is 1. The molecule has 0 spiro atoms. The lowest BCUT2D eigenvalue weighted by Crippen LogP contribution is -2.58. The summed E-state index contributed by atoms with van der Waals surface area (Å²) in [6.07, 6.45) is 4.57. The number of benzene rings is 4. The summed E-state index contributed by atoms with van der Waals surface area (Å²) in [5.41, 5.74) is 20.6. The summed E-state index contributed by atoms with van der Waals surface area (Å²) in [6, 6.07) is 26.2. The zero-order valence-corrected chi connectivity index (χ0v) is 39.6. The molecule has 1 aromatic heterocycles. The smallest absolute Gasteiger partial charge is 0.295 e. The maximum atomic E-state index is 7.68. The van der Waals surface area contributed by atoms with Gasteiger partial charge in [-0.2, -0.15) is 0 Å². The topological polar surface area (TPSA) is 28.4 Å². The second kappa shape index (κ2) is 13.4. The third-order valence-corrected chi connectivity index (χ3v) is 14.8. The minimum absolute atomic E-state index is 0.00875. The van der Waals surface area contributed by atoms with Crippen LogP contribution in [-0.4, -0.2) is 6.71 Å². The van der Waals surface area contributed by atoms with Crippen LogP contribution in [-0.2, 0) is 32.5 Å². The summed E-state index contributed by atoms with van der Waals surface area (Å²) < 4.78 is 7.68. The van der Waals surface area contributed by atoms with E-state index in [4.69, 9.17) is 4.42 Å². The minimum Gasteiger partial charge on any atom is -0.472 e. The van der Waals surface area contributed by atoms with E-state index in [0.717, 1.165) is 35.6 Å². The molecule has 310 valence electrons. The van der Waals surface area contributed by atoms with Gasteiger partial charge in [-0.1, -0.05) is 144 Å². The largest absolute Gasteiger partial charge is 0.472 e. The molecule has 4 heteroatoms. The Bertz CT molecular complexity index is 2480. The Balaban J connectivity index is 1.51. The number of hydrogen-bond acceptors (Lipinski definition) is 3. The van der Waals surface area contributed by atoms with Gasteiger partial charge in [0, 0.05) is 33.7 Å². The zero-order valence-electron chi connectivity index (χ0n) is 39.6. The fourth-order valence-electron chi connectivity index (χ4n) is 10.6. The van der Waals surface area contributed by atoms with E-state index >= 15 is 0 Å². The number of rotatable bonds is 4. The highest BCUT2D eigenvalue weighted by molar-refractivity contribution is 6.98. The third-order valence-electron chi connectivity index (χ3n) is 14.8. The molecule has 0 saturated heterocycles. The minimum atomic E-state index is -0.124. The van der Waals surface area contributed by atoms with Crippen LogP contribution < -0.4 is 26.8 Å². The number of aryl methyl sites for hydroxylation is 3. The number of anilines is 5. The Morgan fingerprint density at radius 2 is 1.15 bits per heavy atom. The van der Waals surface area contributed by atoms with Crippen LogP contribution in [0.1, 0.15) is 173 Å². The van der Waals surface area contributed by atoms with Crippen LogP contribution in [0.3, 0.4) is 0 Å². The monoisotopic (exact) mass is 787 g/mol. The highest BCUT2D eigenvalue weighted by atomic mass is 16.3. The molecule has 3 aliphatic rings. The van der Waals surface area contributed by atoms with Crippen molar-refractivity contribution in [3.8, 4) is 0 Å². The number of nitrogens with one attached hydrogen (secondary N) is 1. The molecular formula is C55H71BN2O. The van der Waals surface area contributed by atoms with Crippen LogP contribution in [0.15, 0.2) is 71.1 Å². The van der Waals surface area contributed by atoms with E-state index in [1.165, 1.54) is 85.3 Å². The number of nitrogens with zero attached hydrogens (tertiary/aromatic N) is 1. The van der Waals surface area contributed by atoms with Crippen molar-refractivity contribution >= 4 is 51.7 Å². The molecule has 2 aliphatic carbocycles. The fourth-order valence-corrected chi connectivity index (χ4v) is 10.6. The molecule has 5 aromatic rings. The maximum absolute atomic E-state index is 7.68. The average Bonchev–Trinajstić information content (AvgIpc) is 3.54. The van der Waals surface area contributed by atoms with E-state index in [1.807, 2.05) is 0 Å². The van der Waals surface area contributed by atoms with E-state index in [-0.39, 0.29) is 39.2 Å². The molecule has 0 bridgehead atoms. The van der Waals surface area contributed by atoms with Gasteiger partial charge in [-0.3, -0.25) is 0 Å². The molecule has 0 saturated carbocycles. The fraction of sp³-hybridized carbons (Fsp3) is 0.491. The molecule has 4 aromatic carbocycles. The molecule has 0 amide bonds. The molecule has 1 aliphatic heterocycles. The van der Waals surface area contributed by atoms with E-state index < -0.39 is 0 Å². The van der Waals surface area contributed by atoms with Crippen molar-refractivity contribution in [2.45, 2.75) is 176 Å². The Morgan fingerprint density at radius 3 is 1.76 bits per heavy atom. The SMILES string of the molecule is Cc1cc(Nc2ccc(C(C)(C)C)cc2)c2c(c1)N(c1cc3c(cc1C)C(C)(C)CCC3(C)C)c1c(oc3c1C(C)(C)CCC3(C)C)B2c1cc(C(C)(C)C)ccc1C. The van der Waals surface area contributed by atoms with Gasteiger partial charge in [0.2, 0.25) is 0 Å². The van der Waals surface area contributed by atoms with Gasteiger partial charge < -0.3 is 14.6 Å². The Labute approximate surface area is 357 Å². The molecule has 0 atom stereocenters. The summed E-state index contributed by atoms with van der Waals surface area (Å²) in [6.45, 7) is 40.2. The number of hydrogen-bond donors (Lipinski definition) is 1. The second-order valence-corrected chi connectivity index (χ2v) is 23.5. The van der Waals surface area contributed by atoms with Crippen LogP contribution in [0.4, 0.5) is 28.4 Å². The third kappa shape index (κ3) is 6.89. The van der Waals surface area contributed by atoms with Gasteiger partial charge in [0.05, 0.1) is 11.3 Å². The van der Waals surface area contributed by atoms with E-state index in [1.54, 1.807) is 0 Å². The van der Waals surface area contributed by atoms with Crippen LogP contribution in [0, 0.1) is 20.8 Å². The quantitative estimate of drug-likeness (QED) is 0.180. The van der Waals surface area contributed by atoms with Gasteiger partial charge in [-0.25, -0.2) is 0 Å². The molecule has 2 heterocycles. The van der Waals surface area contributed by atoms with Gasteiger partial charge >= 0.3 is 0 Å². The summed E-state index contributed by atoms with van der Waals surface area (Å²) in [5, 5.41) is 4.03. The second-order valence-electron chi connectivity index (χ2n) is 23.5. The summed E-state index contributed by atoms with van der Waals surface area (Å²) in [4.78, 5) is 2.67. The van der Waals surface area contributed by atoms with Crippen molar-refractivity contribution in [2.24, 2.45) is 0 Å². The van der Waals surface area contributed by atoms with Gasteiger partial charge in [0.15, 0.2) is 0 Å². The van der Waals surface area contributed by atoms with E-state index in [0.29, 0.717) is 0 Å². The molecule has 8 rings (SSSR count). The van der Waals surface area contributed by atoms with Crippen molar-refractivity contribution in [3.05, 3.63) is 117 Å².